The van der Waals surface area contributed by atoms with Gasteiger partial charge < -0.3 is 24.1 Å². The van der Waals surface area contributed by atoms with Gasteiger partial charge in [0.05, 0.1) is 12.6 Å². The van der Waals surface area contributed by atoms with Crippen molar-refractivity contribution < 1.29 is 33.1 Å². The number of amides is 4. The van der Waals surface area contributed by atoms with Crippen LogP contribution in [0.1, 0.15) is 111 Å². The van der Waals surface area contributed by atoms with Crippen LogP contribution < -0.4 is 10.6 Å². The van der Waals surface area contributed by atoms with Crippen LogP contribution in [0.5, 0.6) is 0 Å². The first kappa shape index (κ1) is 30.5. The summed E-state index contributed by atoms with van der Waals surface area (Å²) in [5.41, 5.74) is -1.47. The SMILES string of the molecule is CCCCON1C(=O)N2C[C@@H]1CC[C@H]2c1nnc([C@H]2C[C@@H](N/C(=N\C(=O)OC(C)(C)C)NC(=O)OC(C)(C)C)C2)o1. The van der Waals surface area contributed by atoms with Gasteiger partial charge in [-0.25, -0.2) is 14.4 Å². The summed E-state index contributed by atoms with van der Waals surface area (Å²) in [5.74, 6) is 0.849. The van der Waals surface area contributed by atoms with E-state index in [1.54, 1.807) is 46.4 Å². The van der Waals surface area contributed by atoms with Gasteiger partial charge in [-0.2, -0.15) is 5.06 Å². The Kier molecular flexibility index (Phi) is 9.10. The highest BCUT2D eigenvalue weighted by Crippen LogP contribution is 2.41. The smallest absolute Gasteiger partial charge is 0.437 e. The van der Waals surface area contributed by atoms with E-state index in [2.05, 4.69) is 32.7 Å². The van der Waals surface area contributed by atoms with Crippen LogP contribution >= 0.6 is 0 Å². The van der Waals surface area contributed by atoms with Crippen LogP contribution in [-0.2, 0) is 14.3 Å². The Morgan fingerprint density at radius 3 is 2.39 bits per heavy atom. The molecule has 2 atom stereocenters. The summed E-state index contributed by atoms with van der Waals surface area (Å²) in [6.07, 6.45) is 3.06. The fourth-order valence-electron chi connectivity index (χ4n) is 4.91. The highest BCUT2D eigenvalue weighted by molar-refractivity contribution is 5.99. The number of hydrogen-bond donors (Lipinski definition) is 2. The van der Waals surface area contributed by atoms with Gasteiger partial charge in [-0.05, 0) is 73.6 Å². The zero-order chi connectivity index (χ0) is 29.9. The fourth-order valence-corrected chi connectivity index (χ4v) is 4.91. The van der Waals surface area contributed by atoms with Crippen LogP contribution in [0.2, 0.25) is 0 Å². The summed E-state index contributed by atoms with van der Waals surface area (Å²) in [7, 11) is 0. The van der Waals surface area contributed by atoms with E-state index in [9.17, 15) is 14.4 Å². The van der Waals surface area contributed by atoms with Crippen LogP contribution in [0.4, 0.5) is 14.4 Å². The molecular formula is C27H43N7O7. The summed E-state index contributed by atoms with van der Waals surface area (Å²) in [6.45, 7) is 13.6. The first-order chi connectivity index (χ1) is 19.2. The number of hydrogen-bond acceptors (Lipinski definition) is 9. The van der Waals surface area contributed by atoms with Gasteiger partial charge in [0, 0.05) is 18.5 Å². The molecule has 14 nitrogen and oxygen atoms in total. The summed E-state index contributed by atoms with van der Waals surface area (Å²) in [6, 6.07) is -0.506. The Hall–Kier alpha value is -3.42. The van der Waals surface area contributed by atoms with Crippen molar-refractivity contribution in [3.8, 4) is 0 Å². The number of urea groups is 1. The molecule has 1 aliphatic carbocycles. The third kappa shape index (κ3) is 8.08. The van der Waals surface area contributed by atoms with E-state index in [1.807, 2.05) is 0 Å². The molecule has 2 bridgehead atoms. The van der Waals surface area contributed by atoms with Gasteiger partial charge in [0.1, 0.15) is 17.2 Å². The van der Waals surface area contributed by atoms with Crippen LogP contribution in [0, 0.1) is 0 Å². The van der Waals surface area contributed by atoms with Crippen molar-refractivity contribution in [1.29, 1.82) is 0 Å². The Balaban J connectivity index is 1.34. The predicted molar refractivity (Wildman–Crippen MR) is 147 cm³/mol. The largest absolute Gasteiger partial charge is 0.444 e. The van der Waals surface area contributed by atoms with Gasteiger partial charge in [-0.1, -0.05) is 13.3 Å². The first-order valence-corrected chi connectivity index (χ1v) is 14.4. The fraction of sp³-hybridized carbons (Fsp3) is 0.778. The van der Waals surface area contributed by atoms with Gasteiger partial charge in [0.25, 0.3) is 0 Å². The predicted octanol–water partition coefficient (Wildman–Crippen LogP) is 4.39. The molecule has 1 saturated carbocycles. The standard InChI is InChI=1S/C27H43N7O7/c1-8-9-12-38-34-18-10-11-19(33(15-18)25(34)37)21-32-31-20(39-21)16-13-17(14-16)28-22(29-23(35)40-26(2,3)4)30-24(36)41-27(5,6)7/h16-19H,8-15H2,1-7H3,(H2,28,29,30,35,36)/t16-,17+,18-,19-/m0/s1. The van der Waals surface area contributed by atoms with Crippen molar-refractivity contribution in [2.24, 2.45) is 4.99 Å². The van der Waals surface area contributed by atoms with E-state index in [0.717, 1.165) is 25.7 Å². The normalized spacial score (nSPS) is 24.7. The van der Waals surface area contributed by atoms with E-state index < -0.39 is 23.4 Å². The van der Waals surface area contributed by atoms with E-state index in [1.165, 1.54) is 5.06 Å². The van der Waals surface area contributed by atoms with Crippen molar-refractivity contribution in [2.75, 3.05) is 13.2 Å². The molecule has 228 valence electrons. The second kappa shape index (κ2) is 12.2. The number of alkyl carbamates (subject to hydrolysis) is 1. The van der Waals surface area contributed by atoms with E-state index >= 15 is 0 Å². The van der Waals surface area contributed by atoms with Crippen LogP contribution in [0.15, 0.2) is 9.41 Å². The minimum absolute atomic E-state index is 0.0162. The molecule has 2 N–H and O–H groups in total. The molecule has 1 aromatic rings. The van der Waals surface area contributed by atoms with E-state index in [-0.39, 0.29) is 36.0 Å². The maximum atomic E-state index is 13.0. The number of aliphatic imine (C=N–C) groups is 1. The minimum atomic E-state index is -0.839. The second-order valence-corrected chi connectivity index (χ2v) is 12.8. The van der Waals surface area contributed by atoms with Crippen molar-refractivity contribution in [1.82, 2.24) is 30.8 Å². The monoisotopic (exact) mass is 577 g/mol. The number of hydroxylamine groups is 2. The van der Waals surface area contributed by atoms with Crippen LogP contribution in [0.25, 0.3) is 0 Å². The van der Waals surface area contributed by atoms with Crippen molar-refractivity contribution in [3.63, 3.8) is 0 Å². The summed E-state index contributed by atoms with van der Waals surface area (Å²) >= 11 is 0. The van der Waals surface area contributed by atoms with Gasteiger partial charge in [-0.15, -0.1) is 15.2 Å². The number of carbonyl (C=O) groups is 3. The maximum Gasteiger partial charge on any atom is 0.437 e. The number of fused-ring (bicyclic) bond motifs is 2. The Labute approximate surface area is 240 Å². The quantitative estimate of drug-likeness (QED) is 0.270. The van der Waals surface area contributed by atoms with Crippen molar-refractivity contribution in [3.05, 3.63) is 11.8 Å². The first-order valence-electron chi connectivity index (χ1n) is 14.4. The molecule has 0 aromatic carbocycles. The van der Waals surface area contributed by atoms with Gasteiger partial charge in [-0.3, -0.25) is 10.2 Å². The number of carbonyl (C=O) groups excluding carboxylic acids is 3. The third-order valence-electron chi connectivity index (χ3n) is 6.84. The number of unbranched alkanes of at least 4 members (excludes halogenated alkanes) is 1. The average Bonchev–Trinajstić information content (AvgIpc) is 3.38. The average molecular weight is 578 g/mol. The molecule has 4 rings (SSSR count). The molecule has 3 heterocycles. The third-order valence-corrected chi connectivity index (χ3v) is 6.84. The molecule has 4 amide bonds. The van der Waals surface area contributed by atoms with Crippen molar-refractivity contribution in [2.45, 2.75) is 122 Å². The maximum absolute atomic E-state index is 13.0. The van der Waals surface area contributed by atoms with Crippen molar-refractivity contribution >= 4 is 24.2 Å². The molecule has 1 aromatic heterocycles. The molecule has 3 aliphatic rings. The zero-order valence-electron chi connectivity index (χ0n) is 25.1. The minimum Gasteiger partial charge on any atom is -0.444 e. The van der Waals surface area contributed by atoms with Gasteiger partial charge in [0.15, 0.2) is 0 Å². The van der Waals surface area contributed by atoms with Gasteiger partial charge >= 0.3 is 18.2 Å². The molecule has 0 radical (unpaired) electrons. The lowest BCUT2D eigenvalue weighted by molar-refractivity contribution is -0.130. The molecule has 41 heavy (non-hydrogen) atoms. The highest BCUT2D eigenvalue weighted by atomic mass is 16.7. The summed E-state index contributed by atoms with van der Waals surface area (Å²) in [4.78, 5) is 49.0. The number of piperidine rings is 1. The topological polar surface area (TPSA) is 161 Å². The van der Waals surface area contributed by atoms with Crippen LogP contribution in [0.3, 0.4) is 0 Å². The molecule has 0 spiro atoms. The summed E-state index contributed by atoms with van der Waals surface area (Å²) < 4.78 is 16.6. The second-order valence-electron chi connectivity index (χ2n) is 12.8. The molecule has 2 aliphatic heterocycles. The summed E-state index contributed by atoms with van der Waals surface area (Å²) in [5, 5.41) is 15.6. The number of rotatable bonds is 7. The number of guanidine groups is 1. The molecule has 14 heteroatoms. The molecule has 0 unspecified atom stereocenters. The van der Waals surface area contributed by atoms with Crippen LogP contribution in [-0.4, -0.2) is 80.8 Å². The van der Waals surface area contributed by atoms with Gasteiger partial charge in [0.2, 0.25) is 17.7 Å². The number of nitrogens with one attached hydrogen (secondary N) is 2. The lowest BCUT2D eigenvalue weighted by Gasteiger charge is -2.34. The molecule has 2 saturated heterocycles. The molecular weight excluding hydrogens is 534 g/mol. The Morgan fingerprint density at radius 2 is 1.73 bits per heavy atom. The van der Waals surface area contributed by atoms with E-state index in [0.29, 0.717) is 37.8 Å². The lowest BCUT2D eigenvalue weighted by atomic mass is 9.80. The van der Waals surface area contributed by atoms with E-state index in [4.69, 9.17) is 18.7 Å². The number of nitrogens with zero attached hydrogens (tertiary/aromatic N) is 5. The number of aromatic nitrogens is 2. The Morgan fingerprint density at radius 1 is 1.05 bits per heavy atom. The zero-order valence-corrected chi connectivity index (χ0v) is 25.1. The lowest BCUT2D eigenvalue weighted by Crippen LogP contribution is -2.51. The highest BCUT2D eigenvalue weighted by Gasteiger charge is 2.48. The number of ether oxygens (including phenoxy) is 2. The Bertz CT molecular complexity index is 1130. The molecule has 3 fully saturated rings.